The molecule has 1 aliphatic heterocycles. The first-order chi connectivity index (χ1) is 5.22. The molecular weight excluding hydrogens is 138 g/mol. The largest absolute Gasteiger partial charge is 0.358 e. The van der Waals surface area contributed by atoms with Gasteiger partial charge < -0.3 is 9.80 Å². The molecule has 1 rings (SSSR count). The van der Waals surface area contributed by atoms with E-state index in [2.05, 4.69) is 16.5 Å². The smallest absolute Gasteiger partial charge is 0.101 e. The predicted molar refractivity (Wildman–Crippen MR) is 47.2 cm³/mol. The molecule has 1 heterocycles. The van der Waals surface area contributed by atoms with Crippen molar-refractivity contribution in [1.29, 1.82) is 0 Å². The van der Waals surface area contributed by atoms with Gasteiger partial charge in [0.2, 0.25) is 0 Å². The first kappa shape index (κ1) is 7.85. The number of hydrogen-bond acceptors (Lipinski definition) is 3. The maximum atomic E-state index is 4.03. The van der Waals surface area contributed by atoms with Crippen LogP contribution >= 0.6 is 0 Å². The van der Waals surface area contributed by atoms with E-state index in [1.807, 2.05) is 25.1 Å². The minimum Gasteiger partial charge on any atom is -0.358 e. The van der Waals surface area contributed by atoms with Crippen molar-refractivity contribution in [2.75, 3.05) is 20.6 Å². The van der Waals surface area contributed by atoms with Crippen molar-refractivity contribution < 1.29 is 0 Å². The fourth-order valence-corrected chi connectivity index (χ4v) is 0.846. The molecule has 3 heteroatoms. The Morgan fingerprint density at radius 3 is 3.00 bits per heavy atom. The molecule has 0 aromatic rings. The number of rotatable bonds is 0. The van der Waals surface area contributed by atoms with Crippen LogP contribution in [0.15, 0.2) is 29.7 Å². The average Bonchev–Trinajstić information content (AvgIpc) is 2.00. The summed E-state index contributed by atoms with van der Waals surface area (Å²) in [4.78, 5) is 7.98. The van der Waals surface area contributed by atoms with E-state index >= 15 is 0 Å². The second kappa shape index (κ2) is 3.23. The van der Waals surface area contributed by atoms with Crippen molar-refractivity contribution in [2.24, 2.45) is 4.99 Å². The third-order valence-corrected chi connectivity index (χ3v) is 1.66. The molecule has 11 heavy (non-hydrogen) atoms. The van der Waals surface area contributed by atoms with Gasteiger partial charge >= 0.3 is 0 Å². The van der Waals surface area contributed by atoms with Gasteiger partial charge in [-0.2, -0.15) is 0 Å². The quantitative estimate of drug-likeness (QED) is 0.511. The molecule has 0 aliphatic carbocycles. The van der Waals surface area contributed by atoms with Crippen LogP contribution in [0.3, 0.4) is 0 Å². The lowest BCUT2D eigenvalue weighted by molar-refractivity contribution is 0.366. The summed E-state index contributed by atoms with van der Waals surface area (Å²) in [5, 5.41) is 0. The Morgan fingerprint density at radius 1 is 1.55 bits per heavy atom. The van der Waals surface area contributed by atoms with Crippen molar-refractivity contribution in [3.8, 4) is 0 Å². The van der Waals surface area contributed by atoms with Gasteiger partial charge in [0.25, 0.3) is 0 Å². The highest BCUT2D eigenvalue weighted by molar-refractivity contribution is 5.58. The van der Waals surface area contributed by atoms with Crippen LogP contribution in [0, 0.1) is 0 Å². The van der Waals surface area contributed by atoms with Gasteiger partial charge in [0.15, 0.2) is 0 Å². The molecule has 0 aromatic heterocycles. The van der Waals surface area contributed by atoms with Crippen LogP contribution in [0.1, 0.15) is 0 Å². The lowest BCUT2D eigenvalue weighted by Crippen LogP contribution is -2.29. The van der Waals surface area contributed by atoms with Crippen molar-refractivity contribution >= 4 is 6.34 Å². The zero-order valence-electron chi connectivity index (χ0n) is 6.99. The van der Waals surface area contributed by atoms with Gasteiger partial charge in [-0.1, -0.05) is 6.58 Å². The summed E-state index contributed by atoms with van der Waals surface area (Å²) >= 11 is 0. The molecule has 0 amide bonds. The third kappa shape index (κ3) is 1.83. The molecule has 0 saturated heterocycles. The first-order valence-electron chi connectivity index (χ1n) is 3.53. The van der Waals surface area contributed by atoms with E-state index in [0.717, 1.165) is 12.4 Å². The van der Waals surface area contributed by atoms with Crippen molar-refractivity contribution in [2.45, 2.75) is 0 Å². The van der Waals surface area contributed by atoms with Crippen LogP contribution in [0.25, 0.3) is 0 Å². The molecule has 0 spiro atoms. The second-order valence-corrected chi connectivity index (χ2v) is 2.56. The molecule has 0 radical (unpaired) electrons. The van der Waals surface area contributed by atoms with Crippen molar-refractivity contribution in [1.82, 2.24) is 9.80 Å². The molecule has 0 unspecified atom stereocenters. The summed E-state index contributed by atoms with van der Waals surface area (Å²) in [5.74, 6) is 0.957. The Labute approximate surface area is 67.3 Å². The van der Waals surface area contributed by atoms with Crippen LogP contribution in [0.4, 0.5) is 0 Å². The SMILES string of the molecule is C=C1N(C)C=NC=CCN1C. The van der Waals surface area contributed by atoms with E-state index in [0.29, 0.717) is 0 Å². The summed E-state index contributed by atoms with van der Waals surface area (Å²) < 4.78 is 0. The van der Waals surface area contributed by atoms with E-state index in [9.17, 15) is 0 Å². The standard InChI is InChI=1S/C8H13N3/c1-8-10(2)6-4-5-9-7-11(8)3/h4-5,7H,1,6H2,2-3H3. The monoisotopic (exact) mass is 151 g/mol. The Morgan fingerprint density at radius 2 is 2.27 bits per heavy atom. The van der Waals surface area contributed by atoms with E-state index < -0.39 is 0 Å². The minimum absolute atomic E-state index is 0.862. The Hall–Kier alpha value is -1.25. The Kier molecular flexibility index (Phi) is 2.31. The van der Waals surface area contributed by atoms with Gasteiger partial charge in [0, 0.05) is 26.8 Å². The maximum absolute atomic E-state index is 4.03. The zero-order valence-corrected chi connectivity index (χ0v) is 6.99. The highest BCUT2D eigenvalue weighted by atomic mass is 15.3. The molecule has 0 aromatic carbocycles. The van der Waals surface area contributed by atoms with Gasteiger partial charge in [-0.05, 0) is 6.08 Å². The molecule has 0 fully saturated rings. The highest BCUT2D eigenvalue weighted by Crippen LogP contribution is 2.03. The lowest BCUT2D eigenvalue weighted by atomic mass is 10.5. The molecule has 60 valence electrons. The molecule has 0 N–H and O–H groups in total. The summed E-state index contributed by atoms with van der Waals surface area (Å²) in [5.41, 5.74) is 0. The second-order valence-electron chi connectivity index (χ2n) is 2.56. The van der Waals surface area contributed by atoms with Crippen molar-refractivity contribution in [3.05, 3.63) is 24.7 Å². The maximum Gasteiger partial charge on any atom is 0.101 e. The van der Waals surface area contributed by atoms with Crippen LogP contribution in [0.5, 0.6) is 0 Å². The summed E-state index contributed by atoms with van der Waals surface area (Å²) in [7, 11) is 3.93. The van der Waals surface area contributed by atoms with E-state index in [4.69, 9.17) is 0 Å². The fourth-order valence-electron chi connectivity index (χ4n) is 0.846. The Bertz CT molecular complexity index is 205. The van der Waals surface area contributed by atoms with E-state index in [1.165, 1.54) is 0 Å². The molecule has 0 bridgehead atoms. The molecule has 0 saturated carbocycles. The topological polar surface area (TPSA) is 18.8 Å². The van der Waals surface area contributed by atoms with E-state index in [1.54, 1.807) is 12.5 Å². The van der Waals surface area contributed by atoms with Gasteiger partial charge in [0.05, 0.1) is 6.34 Å². The van der Waals surface area contributed by atoms with Gasteiger partial charge in [-0.15, -0.1) is 0 Å². The average molecular weight is 151 g/mol. The zero-order chi connectivity index (χ0) is 8.27. The predicted octanol–water partition coefficient (Wildman–Crippen LogP) is 0.877. The first-order valence-corrected chi connectivity index (χ1v) is 3.53. The van der Waals surface area contributed by atoms with Crippen LogP contribution in [-0.2, 0) is 0 Å². The summed E-state index contributed by atoms with van der Waals surface area (Å²) in [6, 6.07) is 0. The summed E-state index contributed by atoms with van der Waals surface area (Å²) in [6.45, 7) is 4.77. The van der Waals surface area contributed by atoms with Crippen molar-refractivity contribution in [3.63, 3.8) is 0 Å². The normalized spacial score (nSPS) is 18.5. The van der Waals surface area contributed by atoms with Crippen LogP contribution in [0.2, 0.25) is 0 Å². The van der Waals surface area contributed by atoms with Gasteiger partial charge in [0.1, 0.15) is 5.82 Å². The third-order valence-electron chi connectivity index (χ3n) is 1.66. The fraction of sp³-hybridized carbons (Fsp3) is 0.375. The number of nitrogens with zero attached hydrogens (tertiary/aromatic N) is 3. The number of likely N-dealkylation sites (N-methyl/N-ethyl adjacent to an activating group) is 1. The minimum atomic E-state index is 0.862. The van der Waals surface area contributed by atoms with Crippen LogP contribution < -0.4 is 0 Å². The summed E-state index contributed by atoms with van der Waals surface area (Å²) in [6.07, 6.45) is 5.53. The highest BCUT2D eigenvalue weighted by Gasteiger charge is 2.04. The van der Waals surface area contributed by atoms with Crippen LogP contribution in [-0.4, -0.2) is 36.8 Å². The molecule has 0 atom stereocenters. The van der Waals surface area contributed by atoms with E-state index in [-0.39, 0.29) is 0 Å². The number of hydrogen-bond donors (Lipinski definition) is 0. The lowest BCUT2D eigenvalue weighted by Gasteiger charge is -2.26. The molecule has 1 aliphatic rings. The van der Waals surface area contributed by atoms with Gasteiger partial charge in [-0.25, -0.2) is 4.99 Å². The Balaban J connectivity index is 2.75. The molecule has 3 nitrogen and oxygen atoms in total. The van der Waals surface area contributed by atoms with Gasteiger partial charge in [-0.3, -0.25) is 0 Å². The number of aliphatic imine (C=N–C) groups is 1. The molecular formula is C8H13N3.